The fraction of sp³-hybridized carbons (Fsp3) is 0.435. The van der Waals surface area contributed by atoms with Gasteiger partial charge in [-0.15, -0.1) is 0 Å². The number of benzene rings is 2. The molecule has 0 aromatic heterocycles. The highest BCUT2D eigenvalue weighted by molar-refractivity contribution is 5.92. The highest BCUT2D eigenvalue weighted by atomic mass is 16.5. The Bertz CT molecular complexity index is 753. The van der Waals surface area contributed by atoms with Crippen molar-refractivity contribution in [1.29, 1.82) is 0 Å². The lowest BCUT2D eigenvalue weighted by Crippen LogP contribution is -2.29. The van der Waals surface area contributed by atoms with Gasteiger partial charge in [-0.1, -0.05) is 25.0 Å². The van der Waals surface area contributed by atoms with Gasteiger partial charge < -0.3 is 15.0 Å². The van der Waals surface area contributed by atoms with Crippen LogP contribution in [0.1, 0.15) is 31.2 Å². The normalized spacial score (nSPS) is 14.6. The van der Waals surface area contributed by atoms with E-state index in [2.05, 4.69) is 22.3 Å². The molecule has 0 bridgehead atoms. The fourth-order valence-electron chi connectivity index (χ4n) is 3.67. The molecule has 5 heteroatoms. The summed E-state index contributed by atoms with van der Waals surface area (Å²) in [6.45, 7) is 3.28. The molecule has 0 spiro atoms. The zero-order valence-corrected chi connectivity index (χ0v) is 17.0. The van der Waals surface area contributed by atoms with Crippen LogP contribution < -0.4 is 15.0 Å². The molecule has 0 atom stereocenters. The molecule has 150 valence electrons. The minimum absolute atomic E-state index is 0.00656. The van der Waals surface area contributed by atoms with Crippen molar-refractivity contribution in [2.45, 2.75) is 32.2 Å². The van der Waals surface area contributed by atoms with Crippen molar-refractivity contribution in [3.63, 3.8) is 0 Å². The van der Waals surface area contributed by atoms with Crippen molar-refractivity contribution in [3.8, 4) is 5.75 Å². The minimum Gasteiger partial charge on any atom is -0.497 e. The van der Waals surface area contributed by atoms with Gasteiger partial charge in [0.15, 0.2) is 0 Å². The first-order valence-electron chi connectivity index (χ1n) is 10.1. The third-order valence-corrected chi connectivity index (χ3v) is 5.12. The van der Waals surface area contributed by atoms with Gasteiger partial charge in [0.2, 0.25) is 5.91 Å². The molecule has 0 saturated carbocycles. The highest BCUT2D eigenvalue weighted by Gasteiger charge is 2.11. The SMILES string of the molecule is COc1cccc(CN(C)CC(=O)Nc2ccc(N3CCCCCC3)cc2)c1. The van der Waals surface area contributed by atoms with E-state index in [1.807, 2.05) is 48.3 Å². The van der Waals surface area contributed by atoms with Gasteiger partial charge in [0.05, 0.1) is 13.7 Å². The van der Waals surface area contributed by atoms with Crippen molar-refractivity contribution >= 4 is 17.3 Å². The van der Waals surface area contributed by atoms with E-state index in [0.29, 0.717) is 13.1 Å². The summed E-state index contributed by atoms with van der Waals surface area (Å²) >= 11 is 0. The maximum Gasteiger partial charge on any atom is 0.238 e. The average molecular weight is 382 g/mol. The second kappa shape index (κ2) is 10.1. The Labute approximate surface area is 168 Å². The predicted octanol–water partition coefficient (Wildman–Crippen LogP) is 4.15. The Hall–Kier alpha value is -2.53. The van der Waals surface area contributed by atoms with Crippen LogP contribution in [-0.4, -0.2) is 44.6 Å². The number of nitrogens with zero attached hydrogens (tertiary/aromatic N) is 2. The van der Waals surface area contributed by atoms with Crippen molar-refractivity contribution in [2.75, 3.05) is 44.0 Å². The molecular formula is C23H31N3O2. The smallest absolute Gasteiger partial charge is 0.238 e. The van der Waals surface area contributed by atoms with Gasteiger partial charge in [0.1, 0.15) is 5.75 Å². The monoisotopic (exact) mass is 381 g/mol. The number of likely N-dealkylation sites (N-methyl/N-ethyl adjacent to an activating group) is 1. The molecule has 5 nitrogen and oxygen atoms in total. The fourth-order valence-corrected chi connectivity index (χ4v) is 3.67. The maximum atomic E-state index is 12.4. The molecule has 3 rings (SSSR count). The van der Waals surface area contributed by atoms with E-state index in [9.17, 15) is 4.79 Å². The second-order valence-corrected chi connectivity index (χ2v) is 7.52. The number of anilines is 2. The molecule has 0 unspecified atom stereocenters. The van der Waals surface area contributed by atoms with Crippen molar-refractivity contribution in [3.05, 3.63) is 54.1 Å². The van der Waals surface area contributed by atoms with Gasteiger partial charge in [-0.3, -0.25) is 9.69 Å². The van der Waals surface area contributed by atoms with Gasteiger partial charge in [-0.25, -0.2) is 0 Å². The lowest BCUT2D eigenvalue weighted by Gasteiger charge is -2.23. The highest BCUT2D eigenvalue weighted by Crippen LogP contribution is 2.21. The quantitative estimate of drug-likeness (QED) is 0.783. The number of rotatable bonds is 7. The Morgan fingerprint density at radius 1 is 1.07 bits per heavy atom. The number of nitrogens with one attached hydrogen (secondary N) is 1. The average Bonchev–Trinajstić information content (AvgIpc) is 2.98. The maximum absolute atomic E-state index is 12.4. The van der Waals surface area contributed by atoms with E-state index in [0.717, 1.165) is 30.1 Å². The Kier molecular flexibility index (Phi) is 7.31. The summed E-state index contributed by atoms with van der Waals surface area (Å²) in [4.78, 5) is 16.8. The largest absolute Gasteiger partial charge is 0.497 e. The number of hydrogen-bond donors (Lipinski definition) is 1. The van der Waals surface area contributed by atoms with Gasteiger partial charge in [0.25, 0.3) is 0 Å². The molecule has 2 aromatic carbocycles. The number of ether oxygens (including phenoxy) is 1. The number of carbonyl (C=O) groups excluding carboxylic acids is 1. The van der Waals surface area contributed by atoms with Crippen LogP contribution in [0.4, 0.5) is 11.4 Å². The molecule has 1 fully saturated rings. The molecule has 2 aromatic rings. The van der Waals surface area contributed by atoms with E-state index < -0.39 is 0 Å². The van der Waals surface area contributed by atoms with Crippen LogP contribution in [0.5, 0.6) is 5.75 Å². The molecule has 1 saturated heterocycles. The summed E-state index contributed by atoms with van der Waals surface area (Å²) < 4.78 is 5.26. The summed E-state index contributed by atoms with van der Waals surface area (Å²) in [5.74, 6) is 0.827. The number of hydrogen-bond acceptors (Lipinski definition) is 4. The summed E-state index contributed by atoms with van der Waals surface area (Å²) in [5.41, 5.74) is 3.21. The van der Waals surface area contributed by atoms with Gasteiger partial charge in [-0.05, 0) is 61.9 Å². The van der Waals surface area contributed by atoms with Crippen LogP contribution in [0.15, 0.2) is 48.5 Å². The third kappa shape index (κ3) is 5.99. The zero-order valence-electron chi connectivity index (χ0n) is 17.0. The molecule has 0 aliphatic carbocycles. The van der Waals surface area contributed by atoms with Gasteiger partial charge in [-0.2, -0.15) is 0 Å². The van der Waals surface area contributed by atoms with Crippen molar-refractivity contribution < 1.29 is 9.53 Å². The van der Waals surface area contributed by atoms with E-state index in [-0.39, 0.29) is 5.91 Å². The molecule has 1 aliphatic rings. The zero-order chi connectivity index (χ0) is 19.8. The molecule has 0 radical (unpaired) electrons. The Morgan fingerprint density at radius 2 is 1.79 bits per heavy atom. The molecular weight excluding hydrogens is 350 g/mol. The summed E-state index contributed by atoms with van der Waals surface area (Å²) in [6.07, 6.45) is 5.18. The van der Waals surface area contributed by atoms with Crippen LogP contribution >= 0.6 is 0 Å². The van der Waals surface area contributed by atoms with Crippen LogP contribution in [-0.2, 0) is 11.3 Å². The summed E-state index contributed by atoms with van der Waals surface area (Å²) in [5, 5.41) is 3.00. The van der Waals surface area contributed by atoms with E-state index in [1.165, 1.54) is 31.4 Å². The van der Waals surface area contributed by atoms with Crippen LogP contribution in [0.3, 0.4) is 0 Å². The first kappa shape index (κ1) is 20.2. The van der Waals surface area contributed by atoms with Crippen LogP contribution in [0, 0.1) is 0 Å². The van der Waals surface area contributed by atoms with Gasteiger partial charge in [0, 0.05) is 31.0 Å². The molecule has 1 aliphatic heterocycles. The number of amides is 1. The molecule has 28 heavy (non-hydrogen) atoms. The third-order valence-electron chi connectivity index (χ3n) is 5.12. The van der Waals surface area contributed by atoms with E-state index in [4.69, 9.17) is 4.74 Å². The Balaban J connectivity index is 1.49. The van der Waals surface area contributed by atoms with Crippen LogP contribution in [0.2, 0.25) is 0 Å². The van der Waals surface area contributed by atoms with Crippen molar-refractivity contribution in [1.82, 2.24) is 4.90 Å². The Morgan fingerprint density at radius 3 is 2.46 bits per heavy atom. The standard InChI is InChI=1S/C23H31N3O2/c1-25(17-19-8-7-9-22(16-19)28-2)18-23(27)24-20-10-12-21(13-11-20)26-14-5-3-4-6-15-26/h7-13,16H,3-6,14-15,17-18H2,1-2H3,(H,24,27). The molecule has 1 heterocycles. The summed E-state index contributed by atoms with van der Waals surface area (Å²) in [6, 6.07) is 16.1. The molecule has 1 amide bonds. The summed E-state index contributed by atoms with van der Waals surface area (Å²) in [7, 11) is 3.61. The number of carbonyl (C=O) groups is 1. The van der Waals surface area contributed by atoms with E-state index in [1.54, 1.807) is 7.11 Å². The minimum atomic E-state index is -0.00656. The second-order valence-electron chi connectivity index (χ2n) is 7.52. The van der Waals surface area contributed by atoms with Crippen LogP contribution in [0.25, 0.3) is 0 Å². The first-order valence-corrected chi connectivity index (χ1v) is 10.1. The van der Waals surface area contributed by atoms with Gasteiger partial charge >= 0.3 is 0 Å². The first-order chi connectivity index (χ1) is 13.6. The van der Waals surface area contributed by atoms with Crippen molar-refractivity contribution in [2.24, 2.45) is 0 Å². The lowest BCUT2D eigenvalue weighted by molar-refractivity contribution is -0.117. The lowest BCUT2D eigenvalue weighted by atomic mass is 10.2. The topological polar surface area (TPSA) is 44.8 Å². The predicted molar refractivity (Wildman–Crippen MR) is 115 cm³/mol. The number of methoxy groups -OCH3 is 1. The van der Waals surface area contributed by atoms with E-state index >= 15 is 0 Å². The molecule has 1 N–H and O–H groups in total.